The number of rotatable bonds is 2. The average Bonchev–Trinajstić information content (AvgIpc) is 3.46. The van der Waals surface area contributed by atoms with Gasteiger partial charge in [0.2, 0.25) is 0 Å². The highest BCUT2D eigenvalue weighted by Gasteiger charge is 2.22. The molecule has 0 aliphatic carbocycles. The largest absolute Gasteiger partial charge is 0.307 e. The molecular formula is C30H18N6. The number of hydrogen-bond donors (Lipinski definition) is 0. The van der Waals surface area contributed by atoms with Gasteiger partial charge >= 0.3 is 0 Å². The van der Waals surface area contributed by atoms with Gasteiger partial charge in [0.15, 0.2) is 0 Å². The van der Waals surface area contributed by atoms with E-state index in [1.807, 2.05) is 48.8 Å². The Morgan fingerprint density at radius 3 is 2.25 bits per heavy atom. The normalized spacial score (nSPS) is 11.9. The van der Waals surface area contributed by atoms with Crippen LogP contribution in [0.2, 0.25) is 0 Å². The van der Waals surface area contributed by atoms with Crippen LogP contribution in [-0.2, 0) is 0 Å². The number of pyridine rings is 4. The number of aromatic nitrogens is 6. The van der Waals surface area contributed by atoms with Gasteiger partial charge in [0.1, 0.15) is 22.4 Å². The Bertz CT molecular complexity index is 2100. The number of para-hydroxylation sites is 2. The molecular weight excluding hydrogens is 444 g/mol. The van der Waals surface area contributed by atoms with Crippen LogP contribution in [0.3, 0.4) is 0 Å². The topological polar surface area (TPSA) is 61.4 Å². The Hall–Kier alpha value is -5.10. The fraction of sp³-hybridized carbons (Fsp3) is 0. The van der Waals surface area contributed by atoms with Crippen molar-refractivity contribution in [1.29, 1.82) is 0 Å². The lowest BCUT2D eigenvalue weighted by Gasteiger charge is -2.11. The summed E-state index contributed by atoms with van der Waals surface area (Å²) in [6, 6.07) is 31.0. The molecule has 0 amide bonds. The van der Waals surface area contributed by atoms with Gasteiger partial charge in [-0.05, 0) is 54.6 Å². The van der Waals surface area contributed by atoms with Gasteiger partial charge in [0.25, 0.3) is 0 Å². The first kappa shape index (κ1) is 19.2. The molecule has 8 aromatic rings. The molecule has 0 atom stereocenters. The van der Waals surface area contributed by atoms with Crippen molar-refractivity contribution in [2.45, 2.75) is 0 Å². The third-order valence-corrected chi connectivity index (χ3v) is 6.85. The van der Waals surface area contributed by atoms with Crippen LogP contribution < -0.4 is 0 Å². The maximum absolute atomic E-state index is 5.02. The lowest BCUT2D eigenvalue weighted by Crippen LogP contribution is -2.01. The summed E-state index contributed by atoms with van der Waals surface area (Å²) in [5, 5.41) is 2.25. The van der Waals surface area contributed by atoms with E-state index in [4.69, 9.17) is 15.0 Å². The van der Waals surface area contributed by atoms with Crippen molar-refractivity contribution >= 4 is 54.9 Å². The van der Waals surface area contributed by atoms with Gasteiger partial charge in [0.05, 0.1) is 27.6 Å². The minimum Gasteiger partial charge on any atom is -0.307 e. The molecule has 6 heteroatoms. The molecule has 0 saturated carbocycles. The molecule has 6 aromatic heterocycles. The van der Waals surface area contributed by atoms with Crippen LogP contribution in [0, 0.1) is 0 Å². The molecule has 0 spiro atoms. The van der Waals surface area contributed by atoms with Gasteiger partial charge in [-0.2, -0.15) is 0 Å². The van der Waals surface area contributed by atoms with Crippen LogP contribution in [0.1, 0.15) is 0 Å². The van der Waals surface area contributed by atoms with E-state index in [-0.39, 0.29) is 0 Å². The SMILES string of the molecule is c1ccc(-n2c3ccccc3c3cnc4c5ncccc5n(-c5ccc6ncccc6n5)c4c32)cc1. The van der Waals surface area contributed by atoms with Crippen molar-refractivity contribution in [2.75, 3.05) is 0 Å². The van der Waals surface area contributed by atoms with E-state index in [1.54, 1.807) is 6.20 Å². The molecule has 6 heterocycles. The molecule has 0 saturated heterocycles. The smallest absolute Gasteiger partial charge is 0.138 e. The van der Waals surface area contributed by atoms with Crippen molar-refractivity contribution < 1.29 is 0 Å². The van der Waals surface area contributed by atoms with E-state index in [9.17, 15) is 0 Å². The van der Waals surface area contributed by atoms with Crippen molar-refractivity contribution in [1.82, 2.24) is 29.1 Å². The van der Waals surface area contributed by atoms with Gasteiger partial charge < -0.3 is 4.57 Å². The van der Waals surface area contributed by atoms with Crippen LogP contribution in [-0.4, -0.2) is 29.1 Å². The van der Waals surface area contributed by atoms with Crippen LogP contribution in [0.5, 0.6) is 0 Å². The summed E-state index contributed by atoms with van der Waals surface area (Å²) in [5.74, 6) is 0.808. The molecule has 0 aliphatic heterocycles. The predicted octanol–water partition coefficient (Wildman–Crippen LogP) is 6.61. The minimum atomic E-state index is 0.808. The van der Waals surface area contributed by atoms with Gasteiger partial charge in [-0.15, -0.1) is 0 Å². The number of nitrogens with zero attached hydrogens (tertiary/aromatic N) is 6. The summed E-state index contributed by atoms with van der Waals surface area (Å²) >= 11 is 0. The Balaban J connectivity index is 1.64. The maximum Gasteiger partial charge on any atom is 0.138 e. The quantitative estimate of drug-likeness (QED) is 0.290. The average molecular weight is 463 g/mol. The second-order valence-electron chi connectivity index (χ2n) is 8.82. The number of hydrogen-bond acceptors (Lipinski definition) is 4. The minimum absolute atomic E-state index is 0.808. The standard InChI is InChI=1S/C30H18N6/c1-2-8-19(9-3-1)35-24-12-5-4-10-20(24)21-18-33-28-27-25(13-7-17-32-27)36(30(28)29(21)35)26-15-14-22-23(34-26)11-6-16-31-22/h1-18H. The van der Waals surface area contributed by atoms with E-state index in [1.165, 1.54) is 0 Å². The number of benzene rings is 2. The summed E-state index contributed by atoms with van der Waals surface area (Å²) in [4.78, 5) is 19.2. The Morgan fingerprint density at radius 2 is 1.31 bits per heavy atom. The zero-order valence-corrected chi connectivity index (χ0v) is 19.1. The molecule has 0 bridgehead atoms. The summed E-state index contributed by atoms with van der Waals surface area (Å²) in [6.07, 6.45) is 5.60. The molecule has 0 fully saturated rings. The lowest BCUT2D eigenvalue weighted by molar-refractivity contribution is 1.09. The molecule has 0 aliphatic rings. The summed E-state index contributed by atoms with van der Waals surface area (Å²) in [7, 11) is 0. The van der Waals surface area contributed by atoms with E-state index >= 15 is 0 Å². The Morgan fingerprint density at radius 1 is 0.500 bits per heavy atom. The second kappa shape index (κ2) is 7.20. The van der Waals surface area contributed by atoms with Crippen LogP contribution in [0.15, 0.2) is 110 Å². The Kier molecular flexibility index (Phi) is 3.85. The van der Waals surface area contributed by atoms with Crippen molar-refractivity contribution in [3.63, 3.8) is 0 Å². The zero-order chi connectivity index (χ0) is 23.6. The highest BCUT2D eigenvalue weighted by Crippen LogP contribution is 2.39. The van der Waals surface area contributed by atoms with Crippen LogP contribution >= 0.6 is 0 Å². The molecule has 6 nitrogen and oxygen atoms in total. The molecule has 168 valence electrons. The van der Waals surface area contributed by atoms with Gasteiger partial charge in [-0.1, -0.05) is 36.4 Å². The molecule has 8 rings (SSSR count). The zero-order valence-electron chi connectivity index (χ0n) is 19.1. The van der Waals surface area contributed by atoms with Gasteiger partial charge in [0, 0.05) is 35.1 Å². The van der Waals surface area contributed by atoms with Crippen molar-refractivity contribution in [3.05, 3.63) is 110 Å². The van der Waals surface area contributed by atoms with E-state index < -0.39 is 0 Å². The third-order valence-electron chi connectivity index (χ3n) is 6.85. The van der Waals surface area contributed by atoms with Crippen LogP contribution in [0.25, 0.3) is 66.4 Å². The van der Waals surface area contributed by atoms with Gasteiger partial charge in [-0.25, -0.2) is 4.98 Å². The summed E-state index contributed by atoms with van der Waals surface area (Å²) < 4.78 is 4.52. The molecule has 36 heavy (non-hydrogen) atoms. The predicted molar refractivity (Wildman–Crippen MR) is 144 cm³/mol. The molecule has 2 aromatic carbocycles. The highest BCUT2D eigenvalue weighted by atomic mass is 15.1. The summed E-state index contributed by atoms with van der Waals surface area (Å²) in [6.45, 7) is 0. The third kappa shape index (κ3) is 2.55. The maximum atomic E-state index is 5.02. The van der Waals surface area contributed by atoms with E-state index in [2.05, 4.69) is 68.7 Å². The first-order valence-corrected chi connectivity index (χ1v) is 11.8. The van der Waals surface area contributed by atoms with Crippen molar-refractivity contribution in [2.24, 2.45) is 0 Å². The highest BCUT2D eigenvalue weighted by molar-refractivity contribution is 6.21. The first-order chi connectivity index (χ1) is 17.9. The lowest BCUT2D eigenvalue weighted by atomic mass is 10.2. The molecule has 0 radical (unpaired) electrons. The van der Waals surface area contributed by atoms with Crippen molar-refractivity contribution in [3.8, 4) is 11.5 Å². The molecule has 0 unspecified atom stereocenters. The van der Waals surface area contributed by atoms with Crippen LogP contribution in [0.4, 0.5) is 0 Å². The van der Waals surface area contributed by atoms with Gasteiger partial charge in [-0.3, -0.25) is 19.5 Å². The Labute approximate surface area is 205 Å². The number of fused-ring (bicyclic) bond motifs is 8. The molecule has 0 N–H and O–H groups in total. The second-order valence-corrected chi connectivity index (χ2v) is 8.82. The fourth-order valence-electron chi connectivity index (χ4n) is 5.35. The first-order valence-electron chi connectivity index (χ1n) is 11.8. The monoisotopic (exact) mass is 462 g/mol. The van der Waals surface area contributed by atoms with E-state index in [0.29, 0.717) is 0 Å². The summed E-state index contributed by atoms with van der Waals surface area (Å²) in [5.41, 5.74) is 8.67. The fourth-order valence-corrected chi connectivity index (χ4v) is 5.35. The van der Waals surface area contributed by atoms with E-state index in [0.717, 1.165) is 66.4 Å².